The van der Waals surface area contributed by atoms with Crippen LogP contribution in [0.3, 0.4) is 0 Å². The maximum Gasteiger partial charge on any atom is 0.244 e. The molecular formula is C22H26N2O5S. The molecule has 1 atom stereocenters. The maximum absolute atomic E-state index is 12.3. The first-order valence-electron chi connectivity index (χ1n) is 9.20. The number of carbonyl (C=O) groups excluding carboxylic acids is 1. The van der Waals surface area contributed by atoms with Crippen LogP contribution >= 0.6 is 0 Å². The number of ether oxygens (including phenoxy) is 2. The van der Waals surface area contributed by atoms with E-state index in [2.05, 4.69) is 16.6 Å². The summed E-state index contributed by atoms with van der Waals surface area (Å²) in [5, 5.41) is 2.85. The van der Waals surface area contributed by atoms with E-state index in [9.17, 15) is 13.2 Å². The van der Waals surface area contributed by atoms with Gasteiger partial charge in [-0.25, -0.2) is 8.42 Å². The zero-order valence-corrected chi connectivity index (χ0v) is 18.0. The van der Waals surface area contributed by atoms with E-state index in [4.69, 9.17) is 9.47 Å². The van der Waals surface area contributed by atoms with Crippen molar-refractivity contribution >= 4 is 27.7 Å². The van der Waals surface area contributed by atoms with E-state index in [1.807, 2.05) is 19.1 Å². The lowest BCUT2D eigenvalue weighted by atomic mass is 10.1. The Kier molecular flexibility index (Phi) is 8.06. The van der Waals surface area contributed by atoms with Crippen molar-refractivity contribution in [2.45, 2.75) is 13.0 Å². The lowest BCUT2D eigenvalue weighted by Crippen LogP contribution is -2.24. The number of carbonyl (C=O) groups is 1. The zero-order valence-electron chi connectivity index (χ0n) is 17.2. The van der Waals surface area contributed by atoms with E-state index in [1.165, 1.54) is 6.08 Å². The van der Waals surface area contributed by atoms with Crippen molar-refractivity contribution in [1.29, 1.82) is 0 Å². The number of methoxy groups -OCH3 is 1. The standard InChI is InChI=1S/C22H26N2O5S/c1-5-13-29-20-11-9-17(14-21(20)28-3)10-12-22(25)23-16(2)18-7-6-8-19(15-18)24-30(4,26)27/h5-12,14-16,24H,1,13H2,2-4H3,(H,23,25). The van der Waals surface area contributed by atoms with Gasteiger partial charge in [0, 0.05) is 11.8 Å². The average molecular weight is 431 g/mol. The Labute approximate surface area is 177 Å². The predicted molar refractivity (Wildman–Crippen MR) is 119 cm³/mol. The molecule has 2 aromatic rings. The van der Waals surface area contributed by atoms with Crippen molar-refractivity contribution < 1.29 is 22.7 Å². The van der Waals surface area contributed by atoms with Crippen LogP contribution in [0.15, 0.2) is 61.2 Å². The van der Waals surface area contributed by atoms with Crippen LogP contribution in [0.1, 0.15) is 24.1 Å². The molecule has 1 unspecified atom stereocenters. The minimum absolute atomic E-state index is 0.282. The first-order chi connectivity index (χ1) is 14.2. The monoisotopic (exact) mass is 430 g/mol. The van der Waals surface area contributed by atoms with Crippen LogP contribution in [-0.4, -0.2) is 34.3 Å². The summed E-state index contributed by atoms with van der Waals surface area (Å²) in [7, 11) is -1.82. The lowest BCUT2D eigenvalue weighted by Gasteiger charge is -2.14. The Morgan fingerprint density at radius 3 is 2.63 bits per heavy atom. The molecule has 1 amide bonds. The summed E-state index contributed by atoms with van der Waals surface area (Å²) in [6.07, 6.45) is 5.83. The Morgan fingerprint density at radius 1 is 1.20 bits per heavy atom. The topological polar surface area (TPSA) is 93.7 Å². The fourth-order valence-electron chi connectivity index (χ4n) is 2.66. The first-order valence-corrected chi connectivity index (χ1v) is 11.1. The van der Waals surface area contributed by atoms with Gasteiger partial charge in [-0.3, -0.25) is 9.52 Å². The minimum Gasteiger partial charge on any atom is -0.493 e. The number of rotatable bonds is 10. The number of hydrogen-bond acceptors (Lipinski definition) is 5. The molecule has 0 fully saturated rings. The molecule has 8 heteroatoms. The van der Waals surface area contributed by atoms with E-state index in [1.54, 1.807) is 49.6 Å². The summed E-state index contributed by atoms with van der Waals surface area (Å²) in [6.45, 7) is 5.80. The van der Waals surface area contributed by atoms with E-state index in [0.29, 0.717) is 23.8 Å². The summed E-state index contributed by atoms with van der Waals surface area (Å²) >= 11 is 0. The molecule has 0 aliphatic rings. The molecule has 0 saturated heterocycles. The molecule has 0 bridgehead atoms. The van der Waals surface area contributed by atoms with Crippen molar-refractivity contribution in [2.24, 2.45) is 0 Å². The van der Waals surface area contributed by atoms with Crippen molar-refractivity contribution in [3.8, 4) is 11.5 Å². The van der Waals surface area contributed by atoms with Crippen LogP contribution in [-0.2, 0) is 14.8 Å². The van der Waals surface area contributed by atoms with Crippen molar-refractivity contribution in [3.63, 3.8) is 0 Å². The summed E-state index contributed by atoms with van der Waals surface area (Å²) in [5.41, 5.74) is 1.99. The maximum atomic E-state index is 12.3. The number of benzene rings is 2. The smallest absolute Gasteiger partial charge is 0.244 e. The van der Waals surface area contributed by atoms with Gasteiger partial charge in [-0.05, 0) is 48.4 Å². The largest absolute Gasteiger partial charge is 0.493 e. The van der Waals surface area contributed by atoms with Gasteiger partial charge in [0.15, 0.2) is 11.5 Å². The predicted octanol–water partition coefficient (Wildman–Crippen LogP) is 3.52. The molecule has 0 radical (unpaired) electrons. The number of hydrogen-bond donors (Lipinski definition) is 2. The molecule has 0 aliphatic heterocycles. The van der Waals surface area contributed by atoms with Gasteiger partial charge in [-0.15, -0.1) is 0 Å². The third kappa shape index (κ3) is 7.29. The van der Waals surface area contributed by atoms with Crippen molar-refractivity contribution in [2.75, 3.05) is 24.7 Å². The normalized spacial score (nSPS) is 12.2. The molecule has 30 heavy (non-hydrogen) atoms. The third-order valence-electron chi connectivity index (χ3n) is 4.02. The van der Waals surface area contributed by atoms with Crippen LogP contribution in [0.25, 0.3) is 6.08 Å². The summed E-state index contributed by atoms with van der Waals surface area (Å²) in [5.74, 6) is 0.869. The van der Waals surface area contributed by atoms with Crippen molar-refractivity contribution in [1.82, 2.24) is 5.32 Å². The van der Waals surface area contributed by atoms with Gasteiger partial charge in [-0.1, -0.05) is 30.9 Å². The van der Waals surface area contributed by atoms with Crippen LogP contribution in [0.4, 0.5) is 5.69 Å². The Bertz CT molecular complexity index is 1030. The summed E-state index contributed by atoms with van der Waals surface area (Å²) < 4.78 is 36.0. The molecule has 0 aromatic heterocycles. The zero-order chi connectivity index (χ0) is 22.1. The first kappa shape index (κ1) is 23.0. The van der Waals surface area contributed by atoms with Crippen molar-refractivity contribution in [3.05, 3.63) is 72.3 Å². The van der Waals surface area contributed by atoms with E-state index in [0.717, 1.165) is 17.4 Å². The molecule has 2 aromatic carbocycles. The Hall–Kier alpha value is -3.26. The molecule has 2 rings (SSSR count). The second kappa shape index (κ2) is 10.5. The van der Waals surface area contributed by atoms with Gasteiger partial charge in [-0.2, -0.15) is 0 Å². The number of anilines is 1. The van der Waals surface area contributed by atoms with Crippen LogP contribution in [0, 0.1) is 0 Å². The quantitative estimate of drug-likeness (QED) is 0.444. The Balaban J connectivity index is 2.03. The molecule has 7 nitrogen and oxygen atoms in total. The fraction of sp³-hybridized carbons (Fsp3) is 0.227. The highest BCUT2D eigenvalue weighted by Crippen LogP contribution is 2.28. The second-order valence-electron chi connectivity index (χ2n) is 6.57. The van der Waals surface area contributed by atoms with Gasteiger partial charge in [0.2, 0.25) is 15.9 Å². The molecule has 0 aliphatic carbocycles. The fourth-order valence-corrected chi connectivity index (χ4v) is 3.21. The highest BCUT2D eigenvalue weighted by molar-refractivity contribution is 7.92. The van der Waals surface area contributed by atoms with Gasteiger partial charge in [0.1, 0.15) is 6.61 Å². The molecule has 160 valence electrons. The van der Waals surface area contributed by atoms with E-state index in [-0.39, 0.29) is 11.9 Å². The number of sulfonamides is 1. The molecule has 0 saturated carbocycles. The van der Waals surface area contributed by atoms with Gasteiger partial charge in [0.25, 0.3) is 0 Å². The van der Waals surface area contributed by atoms with Crippen LogP contribution < -0.4 is 19.5 Å². The molecular weight excluding hydrogens is 404 g/mol. The Morgan fingerprint density at radius 2 is 1.97 bits per heavy atom. The summed E-state index contributed by atoms with van der Waals surface area (Å²) in [6, 6.07) is 11.9. The van der Waals surface area contributed by atoms with Crippen LogP contribution in [0.5, 0.6) is 11.5 Å². The highest BCUT2D eigenvalue weighted by Gasteiger charge is 2.10. The number of amides is 1. The average Bonchev–Trinajstić information content (AvgIpc) is 2.69. The van der Waals surface area contributed by atoms with E-state index >= 15 is 0 Å². The van der Waals surface area contributed by atoms with Gasteiger partial charge < -0.3 is 14.8 Å². The minimum atomic E-state index is -3.37. The number of nitrogens with one attached hydrogen (secondary N) is 2. The third-order valence-corrected chi connectivity index (χ3v) is 4.63. The van der Waals surface area contributed by atoms with Crippen LogP contribution in [0.2, 0.25) is 0 Å². The highest BCUT2D eigenvalue weighted by atomic mass is 32.2. The van der Waals surface area contributed by atoms with Gasteiger partial charge >= 0.3 is 0 Å². The summed E-state index contributed by atoms with van der Waals surface area (Å²) in [4.78, 5) is 12.3. The SMILES string of the molecule is C=CCOc1ccc(C=CC(=O)NC(C)c2cccc(NS(C)(=O)=O)c2)cc1OC. The molecule has 2 N–H and O–H groups in total. The molecule has 0 heterocycles. The molecule has 0 spiro atoms. The van der Waals surface area contributed by atoms with E-state index < -0.39 is 10.0 Å². The van der Waals surface area contributed by atoms with Gasteiger partial charge in [0.05, 0.1) is 19.4 Å². The second-order valence-corrected chi connectivity index (χ2v) is 8.32. The lowest BCUT2D eigenvalue weighted by molar-refractivity contribution is -0.117.